The van der Waals surface area contributed by atoms with E-state index in [9.17, 15) is 38.7 Å². The van der Waals surface area contributed by atoms with Gasteiger partial charge in [0.15, 0.2) is 0 Å². The van der Waals surface area contributed by atoms with Gasteiger partial charge in [0.25, 0.3) is 0 Å². The van der Waals surface area contributed by atoms with Gasteiger partial charge in [-0.1, -0.05) is 97.8 Å². The van der Waals surface area contributed by atoms with Gasteiger partial charge in [-0.2, -0.15) is 0 Å². The Hall–Kier alpha value is -3.79. The summed E-state index contributed by atoms with van der Waals surface area (Å²) in [6, 6.07) is 0.225. The molecule has 0 spiro atoms. The number of ether oxygens (including phenoxy) is 7. The van der Waals surface area contributed by atoms with Crippen molar-refractivity contribution >= 4 is 41.8 Å². The van der Waals surface area contributed by atoms with E-state index in [1.54, 1.807) is 0 Å². The molecule has 16 nitrogen and oxygen atoms in total. The second kappa shape index (κ2) is 43.0. The van der Waals surface area contributed by atoms with Crippen molar-refractivity contribution in [1.29, 1.82) is 0 Å². The van der Waals surface area contributed by atoms with E-state index in [2.05, 4.69) is 20.8 Å². The van der Waals surface area contributed by atoms with Crippen LogP contribution >= 0.6 is 0 Å². The largest absolute Gasteiger partial charge is 0.466 e. The second-order valence-electron chi connectivity index (χ2n) is 18.5. The highest BCUT2D eigenvalue weighted by Gasteiger charge is 2.49. The van der Waals surface area contributed by atoms with Crippen LogP contribution in [0.2, 0.25) is 0 Å². The maximum absolute atomic E-state index is 14.1. The number of aliphatic hydroxyl groups is 1. The number of aliphatic hydroxyl groups excluding tert-OH is 1. The molecule has 1 saturated carbocycles. The second-order valence-corrected chi connectivity index (χ2v) is 18.5. The molecule has 0 aliphatic heterocycles. The molecular weight excluding hydrogens is 891 g/mol. The number of hydrogen-bond donors (Lipinski definition) is 1. The van der Waals surface area contributed by atoms with Crippen molar-refractivity contribution < 1.29 is 71.8 Å². The Morgan fingerprint density at radius 1 is 0.406 bits per heavy atom. The Morgan fingerprint density at radius 3 is 1.09 bits per heavy atom. The van der Waals surface area contributed by atoms with Gasteiger partial charge >= 0.3 is 41.8 Å². The maximum Gasteiger partial charge on any atom is 0.351 e. The molecule has 16 heteroatoms. The number of rotatable bonds is 48. The first-order chi connectivity index (χ1) is 33.5. The molecule has 0 heterocycles. The number of carbonyl (C=O) groups is 7. The third-order valence-electron chi connectivity index (χ3n) is 12.0. The monoisotopic (exact) mass is 984 g/mol. The van der Waals surface area contributed by atoms with E-state index in [1.165, 1.54) is 0 Å². The molecule has 400 valence electrons. The van der Waals surface area contributed by atoms with E-state index < -0.39 is 42.3 Å². The van der Waals surface area contributed by atoms with Crippen molar-refractivity contribution in [3.63, 3.8) is 0 Å². The van der Waals surface area contributed by atoms with Crippen molar-refractivity contribution in [2.24, 2.45) is 0 Å². The Kier molecular flexibility index (Phi) is 39.4. The van der Waals surface area contributed by atoms with Gasteiger partial charge in [-0.05, 0) is 89.9 Å². The van der Waals surface area contributed by atoms with Gasteiger partial charge in [-0.25, -0.2) is 4.79 Å². The minimum Gasteiger partial charge on any atom is -0.466 e. The summed E-state index contributed by atoms with van der Waals surface area (Å²) >= 11 is 0. The molecule has 0 aromatic heterocycles. The zero-order valence-electron chi connectivity index (χ0n) is 43.2. The van der Waals surface area contributed by atoms with Crippen LogP contribution in [0.15, 0.2) is 0 Å². The van der Waals surface area contributed by atoms with Gasteiger partial charge in [-0.3, -0.25) is 33.7 Å². The highest BCUT2D eigenvalue weighted by molar-refractivity contribution is 5.92. The Morgan fingerprint density at radius 2 is 0.739 bits per heavy atom. The highest BCUT2D eigenvalue weighted by atomic mass is 16.6. The molecule has 1 rings (SSSR count). The van der Waals surface area contributed by atoms with Crippen LogP contribution in [0, 0.1) is 0 Å². The van der Waals surface area contributed by atoms with E-state index in [1.807, 2.05) is 4.90 Å². The Labute approximate surface area is 414 Å². The molecule has 0 atom stereocenters. The first-order valence-electron chi connectivity index (χ1n) is 27.0. The van der Waals surface area contributed by atoms with Gasteiger partial charge in [0.05, 0.1) is 65.5 Å². The lowest BCUT2D eigenvalue weighted by atomic mass is 9.94. The molecule has 0 aromatic rings. The molecule has 1 fully saturated rings. The lowest BCUT2D eigenvalue weighted by molar-refractivity contribution is -0.191. The zero-order valence-corrected chi connectivity index (χ0v) is 43.2. The summed E-state index contributed by atoms with van der Waals surface area (Å²) in [5, 5.41) is 9.59. The summed E-state index contributed by atoms with van der Waals surface area (Å²) in [6.45, 7) is 7.46. The van der Waals surface area contributed by atoms with E-state index in [0.717, 1.165) is 109 Å². The Balaban J connectivity index is 2.93. The minimum absolute atomic E-state index is 0.0249. The van der Waals surface area contributed by atoms with Gasteiger partial charge in [0, 0.05) is 38.4 Å². The molecule has 0 bridgehead atoms. The predicted octanol–water partition coefficient (Wildman–Crippen LogP) is 9.75. The van der Waals surface area contributed by atoms with Crippen LogP contribution in [-0.2, 0) is 66.7 Å². The van der Waals surface area contributed by atoms with Gasteiger partial charge in [0.2, 0.25) is 5.60 Å². The van der Waals surface area contributed by atoms with Gasteiger partial charge in [-0.15, -0.1) is 0 Å². The number of unbranched alkanes of at least 4 members (excludes halogenated alkanes) is 18. The van der Waals surface area contributed by atoms with Gasteiger partial charge < -0.3 is 38.3 Å². The fraction of sp³-hybridized carbons (Fsp3) is 0.868. The van der Waals surface area contributed by atoms with Crippen molar-refractivity contribution in [1.82, 2.24) is 4.90 Å². The van der Waals surface area contributed by atoms with Crippen molar-refractivity contribution in [2.45, 2.75) is 238 Å². The number of hydrogen-bond acceptors (Lipinski definition) is 16. The Bertz CT molecular complexity index is 1330. The van der Waals surface area contributed by atoms with Gasteiger partial charge in [0.1, 0.15) is 0 Å². The highest BCUT2D eigenvalue weighted by Crippen LogP contribution is 2.29. The number of carbonyl (C=O) groups excluding carboxylic acids is 7. The van der Waals surface area contributed by atoms with E-state index >= 15 is 0 Å². The van der Waals surface area contributed by atoms with Crippen molar-refractivity contribution in [2.75, 3.05) is 59.3 Å². The summed E-state index contributed by atoms with van der Waals surface area (Å²) < 4.78 is 38.5. The first kappa shape index (κ1) is 63.2. The third kappa shape index (κ3) is 35.9. The molecule has 0 saturated heterocycles. The van der Waals surface area contributed by atoms with Crippen LogP contribution in [-0.4, -0.2) is 123 Å². The van der Waals surface area contributed by atoms with Crippen LogP contribution < -0.4 is 0 Å². The molecule has 1 aliphatic rings. The van der Waals surface area contributed by atoms with Crippen LogP contribution in [0.1, 0.15) is 226 Å². The summed E-state index contributed by atoms with van der Waals surface area (Å²) in [4.78, 5) is 92.9. The molecule has 0 amide bonds. The predicted molar refractivity (Wildman–Crippen MR) is 262 cm³/mol. The molecule has 0 aromatic carbocycles. The standard InChI is InChI=1S/C53H93NO15/c1-4-7-10-13-19-28-46(56)63-37-22-16-25-40-66-50(60)43-53(69-49(59)33-34-54(35-36-55)45-31-32-45,52(62)68-42-27-18-24-39-65-48(58)30-21-15-12-9-6-3)44-51(61)67-41-26-17-23-38-64-47(57)29-20-14-11-8-5-2/h45,55H,4-44H2,1-3H3. The fourth-order valence-corrected chi connectivity index (χ4v) is 7.64. The van der Waals surface area contributed by atoms with Crippen LogP contribution in [0.5, 0.6) is 0 Å². The average Bonchev–Trinajstić information content (AvgIpc) is 4.17. The zero-order chi connectivity index (χ0) is 50.6. The summed E-state index contributed by atoms with van der Waals surface area (Å²) in [6.07, 6.45) is 21.4. The molecule has 1 aliphatic carbocycles. The lowest BCUT2D eigenvalue weighted by Crippen LogP contribution is -2.49. The van der Waals surface area contributed by atoms with E-state index in [0.29, 0.717) is 83.6 Å². The third-order valence-corrected chi connectivity index (χ3v) is 12.0. The van der Waals surface area contributed by atoms with Crippen LogP contribution in [0.3, 0.4) is 0 Å². The minimum atomic E-state index is -2.39. The molecule has 69 heavy (non-hydrogen) atoms. The molecule has 1 N–H and O–H groups in total. The smallest absolute Gasteiger partial charge is 0.351 e. The normalized spacial score (nSPS) is 12.4. The summed E-state index contributed by atoms with van der Waals surface area (Å²) in [7, 11) is 0. The van der Waals surface area contributed by atoms with Crippen LogP contribution in [0.4, 0.5) is 0 Å². The first-order valence-corrected chi connectivity index (χ1v) is 27.0. The SMILES string of the molecule is CCCCCCCC(=O)OCCCCCOC(=O)CC(CC(=O)OCCCCCOC(=O)CCCCCCC)(OC(=O)CCN(CCO)C1CC1)C(=O)OCCCCCOC(=O)CCCCCCC. The van der Waals surface area contributed by atoms with Crippen molar-refractivity contribution in [3.05, 3.63) is 0 Å². The summed E-state index contributed by atoms with van der Waals surface area (Å²) in [5.41, 5.74) is -2.39. The van der Waals surface area contributed by atoms with Crippen molar-refractivity contribution in [3.8, 4) is 0 Å². The molecule has 0 unspecified atom stereocenters. The quantitative estimate of drug-likeness (QED) is 0.0342. The topological polar surface area (TPSA) is 208 Å². The number of nitrogens with zero attached hydrogens (tertiary/aromatic N) is 1. The maximum atomic E-state index is 14.1. The molecular formula is C53H93NO15. The molecule has 0 radical (unpaired) electrons. The number of esters is 7. The van der Waals surface area contributed by atoms with E-state index in [-0.39, 0.29) is 83.2 Å². The lowest BCUT2D eigenvalue weighted by Gasteiger charge is -2.30. The van der Waals surface area contributed by atoms with Crippen LogP contribution in [0.25, 0.3) is 0 Å². The van der Waals surface area contributed by atoms with E-state index in [4.69, 9.17) is 33.2 Å². The summed E-state index contributed by atoms with van der Waals surface area (Å²) in [5.74, 6) is -4.40. The average molecular weight is 984 g/mol. The fourth-order valence-electron chi connectivity index (χ4n) is 7.64.